The van der Waals surface area contributed by atoms with Crippen LogP contribution in [-0.2, 0) is 6.54 Å². The Morgan fingerprint density at radius 2 is 1.88 bits per heavy atom. The maximum absolute atomic E-state index is 12.9. The summed E-state index contributed by atoms with van der Waals surface area (Å²) in [4.78, 5) is 6.81. The number of halogens is 1. The predicted octanol–water partition coefficient (Wildman–Crippen LogP) is 3.00. The van der Waals surface area contributed by atoms with Crippen LogP contribution in [0.2, 0.25) is 0 Å². The average molecular weight is 334 g/mol. The monoisotopic (exact) mass is 334 g/mol. The second-order valence-electron chi connectivity index (χ2n) is 6.71. The van der Waals surface area contributed by atoms with Crippen LogP contribution in [0, 0.1) is 11.7 Å². The molecule has 2 rings (SSSR count). The number of rotatable bonds is 7. The van der Waals surface area contributed by atoms with Gasteiger partial charge in [-0.2, -0.15) is 0 Å². The standard InChI is InChI=1S/C19H31FN4/c1-16-9-13-24(14-10-16)12-4-3-11-22-19(21-2)23-15-17-5-7-18(20)8-6-17/h5-8,16H,3-4,9-15H2,1-2H3,(H2,21,22,23). The second-order valence-corrected chi connectivity index (χ2v) is 6.71. The van der Waals surface area contributed by atoms with Gasteiger partial charge in [0.25, 0.3) is 0 Å². The lowest BCUT2D eigenvalue weighted by molar-refractivity contribution is 0.189. The van der Waals surface area contributed by atoms with Crippen molar-refractivity contribution in [1.82, 2.24) is 15.5 Å². The molecule has 1 aliphatic heterocycles. The van der Waals surface area contributed by atoms with E-state index >= 15 is 0 Å². The molecule has 0 aliphatic carbocycles. The van der Waals surface area contributed by atoms with Gasteiger partial charge in [0.05, 0.1) is 0 Å². The van der Waals surface area contributed by atoms with Crippen LogP contribution in [0.25, 0.3) is 0 Å². The number of benzene rings is 1. The first-order valence-electron chi connectivity index (χ1n) is 9.08. The zero-order valence-corrected chi connectivity index (χ0v) is 15.0. The van der Waals surface area contributed by atoms with Crippen LogP contribution in [0.3, 0.4) is 0 Å². The zero-order valence-electron chi connectivity index (χ0n) is 15.0. The molecular weight excluding hydrogens is 303 g/mol. The number of likely N-dealkylation sites (tertiary alicyclic amines) is 1. The molecule has 1 aromatic carbocycles. The molecule has 5 heteroatoms. The lowest BCUT2D eigenvalue weighted by Crippen LogP contribution is -2.38. The molecular formula is C19H31FN4. The lowest BCUT2D eigenvalue weighted by Gasteiger charge is -2.30. The van der Waals surface area contributed by atoms with Gasteiger partial charge >= 0.3 is 0 Å². The van der Waals surface area contributed by atoms with Gasteiger partial charge < -0.3 is 15.5 Å². The van der Waals surface area contributed by atoms with E-state index in [1.807, 2.05) is 0 Å². The van der Waals surface area contributed by atoms with Gasteiger partial charge in [-0.05, 0) is 68.9 Å². The Morgan fingerprint density at radius 3 is 2.54 bits per heavy atom. The van der Waals surface area contributed by atoms with Crippen molar-refractivity contribution in [3.63, 3.8) is 0 Å². The third-order valence-corrected chi connectivity index (χ3v) is 4.67. The van der Waals surface area contributed by atoms with Crippen molar-refractivity contribution in [2.24, 2.45) is 10.9 Å². The minimum atomic E-state index is -0.204. The first kappa shape index (κ1) is 18.7. The highest BCUT2D eigenvalue weighted by atomic mass is 19.1. The summed E-state index contributed by atoms with van der Waals surface area (Å²) in [5.74, 6) is 1.49. The largest absolute Gasteiger partial charge is 0.356 e. The van der Waals surface area contributed by atoms with E-state index in [4.69, 9.17) is 0 Å². The Balaban J connectivity index is 1.55. The fraction of sp³-hybridized carbons (Fsp3) is 0.632. The van der Waals surface area contributed by atoms with Gasteiger partial charge in [-0.3, -0.25) is 4.99 Å². The van der Waals surface area contributed by atoms with Crippen molar-refractivity contribution < 1.29 is 4.39 Å². The molecule has 0 unspecified atom stereocenters. The van der Waals surface area contributed by atoms with Gasteiger partial charge in [-0.15, -0.1) is 0 Å². The molecule has 0 radical (unpaired) electrons. The molecule has 134 valence electrons. The zero-order chi connectivity index (χ0) is 17.2. The van der Waals surface area contributed by atoms with Crippen LogP contribution in [0.4, 0.5) is 4.39 Å². The number of hydrogen-bond donors (Lipinski definition) is 2. The van der Waals surface area contributed by atoms with Gasteiger partial charge in [0.2, 0.25) is 0 Å². The molecule has 1 heterocycles. The molecule has 0 saturated carbocycles. The maximum atomic E-state index is 12.9. The fourth-order valence-electron chi connectivity index (χ4n) is 2.96. The Morgan fingerprint density at radius 1 is 1.17 bits per heavy atom. The van der Waals surface area contributed by atoms with Crippen molar-refractivity contribution in [2.75, 3.05) is 33.2 Å². The topological polar surface area (TPSA) is 39.7 Å². The number of hydrogen-bond acceptors (Lipinski definition) is 2. The van der Waals surface area contributed by atoms with Crippen LogP contribution in [0.1, 0.15) is 38.2 Å². The Labute approximate surface area is 145 Å². The summed E-state index contributed by atoms with van der Waals surface area (Å²) in [6.45, 7) is 7.64. The minimum Gasteiger partial charge on any atom is -0.356 e. The Kier molecular flexibility index (Phi) is 8.02. The number of piperidine rings is 1. The first-order valence-corrected chi connectivity index (χ1v) is 9.08. The number of nitrogens with zero attached hydrogens (tertiary/aromatic N) is 2. The molecule has 4 nitrogen and oxygen atoms in total. The van der Waals surface area contributed by atoms with E-state index < -0.39 is 0 Å². The highest BCUT2D eigenvalue weighted by molar-refractivity contribution is 5.79. The summed E-state index contributed by atoms with van der Waals surface area (Å²) >= 11 is 0. The van der Waals surface area contributed by atoms with Crippen LogP contribution in [0.15, 0.2) is 29.3 Å². The van der Waals surface area contributed by atoms with Crippen LogP contribution < -0.4 is 10.6 Å². The summed E-state index contributed by atoms with van der Waals surface area (Å²) in [7, 11) is 1.77. The number of unbranched alkanes of at least 4 members (excludes halogenated alkanes) is 1. The molecule has 0 spiro atoms. The summed E-state index contributed by atoms with van der Waals surface area (Å²) in [5.41, 5.74) is 1.04. The summed E-state index contributed by atoms with van der Waals surface area (Å²) in [5, 5.41) is 6.60. The molecule has 24 heavy (non-hydrogen) atoms. The molecule has 0 amide bonds. The normalized spacial score (nSPS) is 17.0. The average Bonchev–Trinajstić information content (AvgIpc) is 2.60. The third-order valence-electron chi connectivity index (χ3n) is 4.67. The van der Waals surface area contributed by atoms with E-state index in [1.54, 1.807) is 19.2 Å². The predicted molar refractivity (Wildman–Crippen MR) is 98.7 cm³/mol. The third kappa shape index (κ3) is 6.87. The summed E-state index contributed by atoms with van der Waals surface area (Å²) < 4.78 is 12.9. The van der Waals surface area contributed by atoms with Gasteiger partial charge in [-0.1, -0.05) is 19.1 Å². The van der Waals surface area contributed by atoms with Crippen LogP contribution in [0.5, 0.6) is 0 Å². The molecule has 1 fully saturated rings. The molecule has 0 bridgehead atoms. The maximum Gasteiger partial charge on any atom is 0.191 e. The van der Waals surface area contributed by atoms with Gasteiger partial charge in [0.15, 0.2) is 5.96 Å². The van der Waals surface area contributed by atoms with E-state index in [2.05, 4.69) is 27.4 Å². The van der Waals surface area contributed by atoms with Crippen LogP contribution >= 0.6 is 0 Å². The molecule has 0 atom stereocenters. The number of aliphatic imine (C=N–C) groups is 1. The summed E-state index contributed by atoms with van der Waals surface area (Å²) in [6, 6.07) is 6.53. The first-order chi connectivity index (χ1) is 11.7. The molecule has 1 saturated heterocycles. The second kappa shape index (κ2) is 10.3. The molecule has 0 aromatic heterocycles. The molecule has 1 aliphatic rings. The Bertz CT molecular complexity index is 493. The van der Waals surface area contributed by atoms with Crippen molar-refractivity contribution in [1.29, 1.82) is 0 Å². The van der Waals surface area contributed by atoms with Crippen molar-refractivity contribution in [3.8, 4) is 0 Å². The number of nitrogens with one attached hydrogen (secondary N) is 2. The molecule has 1 aromatic rings. The van der Waals surface area contributed by atoms with Gasteiger partial charge in [0.1, 0.15) is 5.82 Å². The summed E-state index contributed by atoms with van der Waals surface area (Å²) in [6.07, 6.45) is 5.05. The van der Waals surface area contributed by atoms with Crippen molar-refractivity contribution in [2.45, 2.75) is 39.2 Å². The van der Waals surface area contributed by atoms with E-state index in [9.17, 15) is 4.39 Å². The highest BCUT2D eigenvalue weighted by Crippen LogP contribution is 2.16. The van der Waals surface area contributed by atoms with Crippen molar-refractivity contribution in [3.05, 3.63) is 35.6 Å². The SMILES string of the molecule is CN=C(NCCCCN1CCC(C)CC1)NCc1ccc(F)cc1. The van der Waals surface area contributed by atoms with Crippen molar-refractivity contribution >= 4 is 5.96 Å². The smallest absolute Gasteiger partial charge is 0.191 e. The minimum absolute atomic E-state index is 0.204. The van der Waals surface area contributed by atoms with Gasteiger partial charge in [0, 0.05) is 20.1 Å². The van der Waals surface area contributed by atoms with E-state index in [1.165, 1.54) is 51.0 Å². The van der Waals surface area contributed by atoms with E-state index in [0.717, 1.165) is 30.4 Å². The number of guanidine groups is 1. The van der Waals surface area contributed by atoms with Crippen LogP contribution in [-0.4, -0.2) is 44.1 Å². The Hall–Kier alpha value is -1.62. The highest BCUT2D eigenvalue weighted by Gasteiger charge is 2.14. The fourth-order valence-corrected chi connectivity index (χ4v) is 2.96. The van der Waals surface area contributed by atoms with E-state index in [0.29, 0.717) is 6.54 Å². The molecule has 2 N–H and O–H groups in total. The lowest BCUT2D eigenvalue weighted by atomic mass is 9.99. The van der Waals surface area contributed by atoms with E-state index in [-0.39, 0.29) is 5.82 Å². The van der Waals surface area contributed by atoms with Gasteiger partial charge in [-0.25, -0.2) is 4.39 Å². The quantitative estimate of drug-likeness (QED) is 0.457.